The fourth-order valence-electron chi connectivity index (χ4n) is 2.03. The fraction of sp³-hybridized carbons (Fsp3) is 0.333. The van der Waals surface area contributed by atoms with Crippen LogP contribution in [-0.2, 0) is 13.0 Å². The SMILES string of the molecule is CC(Cc1cnc[nH]1)N(C)C(=O)NCc1cccc(F)c1Cl. The van der Waals surface area contributed by atoms with Crippen LogP contribution in [0, 0.1) is 5.82 Å². The monoisotopic (exact) mass is 324 g/mol. The number of carbonyl (C=O) groups excluding carboxylic acids is 1. The quantitative estimate of drug-likeness (QED) is 0.888. The average molecular weight is 325 g/mol. The molecule has 5 nitrogen and oxygen atoms in total. The van der Waals surface area contributed by atoms with Crippen LogP contribution in [0.2, 0.25) is 5.02 Å². The van der Waals surface area contributed by atoms with Gasteiger partial charge in [-0.2, -0.15) is 0 Å². The van der Waals surface area contributed by atoms with E-state index in [0.717, 1.165) is 5.69 Å². The first-order valence-electron chi connectivity index (χ1n) is 6.90. The Balaban J connectivity index is 1.89. The highest BCUT2D eigenvalue weighted by Gasteiger charge is 2.17. The first-order chi connectivity index (χ1) is 10.5. The number of hydrogen-bond acceptors (Lipinski definition) is 2. The molecule has 22 heavy (non-hydrogen) atoms. The molecule has 2 rings (SSSR count). The molecule has 0 aliphatic heterocycles. The molecule has 0 bridgehead atoms. The normalized spacial score (nSPS) is 12.0. The zero-order chi connectivity index (χ0) is 16.1. The smallest absolute Gasteiger partial charge is 0.317 e. The van der Waals surface area contributed by atoms with Crippen molar-refractivity contribution in [1.82, 2.24) is 20.2 Å². The van der Waals surface area contributed by atoms with E-state index in [0.29, 0.717) is 12.0 Å². The van der Waals surface area contributed by atoms with Crippen LogP contribution >= 0.6 is 11.6 Å². The van der Waals surface area contributed by atoms with Crippen molar-refractivity contribution in [1.29, 1.82) is 0 Å². The number of nitrogens with zero attached hydrogens (tertiary/aromatic N) is 2. The summed E-state index contributed by atoms with van der Waals surface area (Å²) in [4.78, 5) is 20.7. The second-order valence-corrected chi connectivity index (χ2v) is 5.49. The minimum atomic E-state index is -0.491. The number of rotatable bonds is 5. The van der Waals surface area contributed by atoms with Gasteiger partial charge in [0.15, 0.2) is 0 Å². The maximum Gasteiger partial charge on any atom is 0.317 e. The Morgan fingerprint density at radius 1 is 1.55 bits per heavy atom. The van der Waals surface area contributed by atoms with Gasteiger partial charge in [-0.25, -0.2) is 14.2 Å². The highest BCUT2D eigenvalue weighted by atomic mass is 35.5. The van der Waals surface area contributed by atoms with Crippen molar-refractivity contribution in [3.63, 3.8) is 0 Å². The summed E-state index contributed by atoms with van der Waals surface area (Å²) in [6, 6.07) is 4.27. The molecule has 7 heteroatoms. The van der Waals surface area contributed by atoms with Crippen molar-refractivity contribution in [3.8, 4) is 0 Å². The third-order valence-corrected chi connectivity index (χ3v) is 3.94. The molecular weight excluding hydrogens is 307 g/mol. The summed E-state index contributed by atoms with van der Waals surface area (Å²) in [5.41, 5.74) is 1.50. The van der Waals surface area contributed by atoms with Crippen molar-refractivity contribution >= 4 is 17.6 Å². The minimum absolute atomic E-state index is 0.0107. The second-order valence-electron chi connectivity index (χ2n) is 5.11. The number of hydrogen-bond donors (Lipinski definition) is 2. The largest absolute Gasteiger partial charge is 0.348 e. The van der Waals surface area contributed by atoms with Crippen LogP contribution < -0.4 is 5.32 Å². The van der Waals surface area contributed by atoms with Gasteiger partial charge in [0.1, 0.15) is 5.82 Å². The first kappa shape index (κ1) is 16.3. The van der Waals surface area contributed by atoms with E-state index in [1.54, 1.807) is 36.6 Å². The number of halogens is 2. The van der Waals surface area contributed by atoms with E-state index < -0.39 is 5.82 Å². The lowest BCUT2D eigenvalue weighted by Crippen LogP contribution is -2.43. The number of urea groups is 1. The van der Waals surface area contributed by atoms with Gasteiger partial charge >= 0.3 is 6.03 Å². The molecule has 0 aliphatic rings. The van der Waals surface area contributed by atoms with Gasteiger partial charge in [-0.15, -0.1) is 0 Å². The molecular formula is C15H18ClFN4O. The van der Waals surface area contributed by atoms with E-state index in [1.165, 1.54) is 6.07 Å². The summed E-state index contributed by atoms with van der Waals surface area (Å²) < 4.78 is 13.3. The van der Waals surface area contributed by atoms with Crippen LogP contribution in [0.3, 0.4) is 0 Å². The number of likely N-dealkylation sites (N-methyl/N-ethyl adjacent to an activating group) is 1. The summed E-state index contributed by atoms with van der Waals surface area (Å²) in [5, 5.41) is 2.78. The van der Waals surface area contributed by atoms with Gasteiger partial charge in [0.05, 0.1) is 11.3 Å². The Bertz CT molecular complexity index is 632. The van der Waals surface area contributed by atoms with Gasteiger partial charge in [0, 0.05) is 37.9 Å². The molecule has 1 heterocycles. The highest BCUT2D eigenvalue weighted by molar-refractivity contribution is 6.31. The molecule has 1 atom stereocenters. The Morgan fingerprint density at radius 2 is 2.32 bits per heavy atom. The molecule has 0 radical (unpaired) electrons. The predicted molar refractivity (Wildman–Crippen MR) is 83.2 cm³/mol. The maximum absolute atomic E-state index is 13.3. The molecule has 0 spiro atoms. The number of amides is 2. The molecule has 1 aromatic carbocycles. The van der Waals surface area contributed by atoms with Crippen molar-refractivity contribution < 1.29 is 9.18 Å². The van der Waals surface area contributed by atoms with Crippen molar-refractivity contribution in [2.45, 2.75) is 25.9 Å². The fourth-order valence-corrected chi connectivity index (χ4v) is 2.23. The van der Waals surface area contributed by atoms with Crippen LogP contribution in [0.5, 0.6) is 0 Å². The molecule has 0 aliphatic carbocycles. The molecule has 2 N–H and O–H groups in total. The zero-order valence-electron chi connectivity index (χ0n) is 12.4. The van der Waals surface area contributed by atoms with Crippen LogP contribution in [0.25, 0.3) is 0 Å². The third-order valence-electron chi connectivity index (χ3n) is 3.51. The molecule has 1 unspecified atom stereocenters. The van der Waals surface area contributed by atoms with E-state index in [9.17, 15) is 9.18 Å². The summed E-state index contributed by atoms with van der Waals surface area (Å²) in [7, 11) is 1.71. The predicted octanol–water partition coefficient (Wildman–Crippen LogP) is 2.97. The molecule has 1 aromatic heterocycles. The Morgan fingerprint density at radius 3 is 3.00 bits per heavy atom. The average Bonchev–Trinajstić information content (AvgIpc) is 3.00. The third kappa shape index (κ3) is 3.98. The second kappa shape index (κ2) is 7.26. The Hall–Kier alpha value is -2.08. The van der Waals surface area contributed by atoms with Gasteiger partial charge in [-0.3, -0.25) is 0 Å². The van der Waals surface area contributed by atoms with Gasteiger partial charge < -0.3 is 15.2 Å². The zero-order valence-corrected chi connectivity index (χ0v) is 13.2. The van der Waals surface area contributed by atoms with E-state index in [1.807, 2.05) is 6.92 Å². The van der Waals surface area contributed by atoms with Gasteiger partial charge in [-0.1, -0.05) is 23.7 Å². The lowest BCUT2D eigenvalue weighted by atomic mass is 10.2. The summed E-state index contributed by atoms with van der Waals surface area (Å²) in [5.74, 6) is -0.491. The Kier molecular flexibility index (Phi) is 5.38. The minimum Gasteiger partial charge on any atom is -0.348 e. The van der Waals surface area contributed by atoms with Crippen molar-refractivity contribution in [2.75, 3.05) is 7.05 Å². The summed E-state index contributed by atoms with van der Waals surface area (Å²) >= 11 is 5.86. The number of nitrogens with one attached hydrogen (secondary N) is 2. The van der Waals surface area contributed by atoms with Gasteiger partial charge in [-0.05, 0) is 18.6 Å². The molecule has 0 fully saturated rings. The summed E-state index contributed by atoms with van der Waals surface area (Å²) in [6.07, 6.45) is 4.01. The standard InChI is InChI=1S/C15H18ClFN4O/c1-10(6-12-8-18-9-20-12)21(2)15(22)19-7-11-4-3-5-13(17)14(11)16/h3-5,8-10H,6-7H2,1-2H3,(H,18,20)(H,19,22). The molecule has 118 valence electrons. The van der Waals surface area contributed by atoms with Crippen LogP contribution in [-0.4, -0.2) is 34.0 Å². The van der Waals surface area contributed by atoms with Crippen LogP contribution in [0.15, 0.2) is 30.7 Å². The van der Waals surface area contributed by atoms with Crippen molar-refractivity contribution in [2.24, 2.45) is 0 Å². The Labute approximate surface area is 133 Å². The van der Waals surface area contributed by atoms with Crippen LogP contribution in [0.4, 0.5) is 9.18 Å². The molecule has 0 saturated heterocycles. The number of benzene rings is 1. The number of aromatic nitrogens is 2. The first-order valence-corrected chi connectivity index (χ1v) is 7.27. The number of aromatic amines is 1. The molecule has 2 amide bonds. The number of carbonyl (C=O) groups is 1. The lowest BCUT2D eigenvalue weighted by molar-refractivity contribution is 0.193. The highest BCUT2D eigenvalue weighted by Crippen LogP contribution is 2.19. The van der Waals surface area contributed by atoms with Gasteiger partial charge in [0.2, 0.25) is 0 Å². The van der Waals surface area contributed by atoms with E-state index >= 15 is 0 Å². The van der Waals surface area contributed by atoms with Crippen LogP contribution in [0.1, 0.15) is 18.2 Å². The maximum atomic E-state index is 13.3. The molecule has 0 saturated carbocycles. The van der Waals surface area contributed by atoms with Crippen molar-refractivity contribution in [3.05, 3.63) is 52.8 Å². The van der Waals surface area contributed by atoms with E-state index in [2.05, 4.69) is 15.3 Å². The lowest BCUT2D eigenvalue weighted by Gasteiger charge is -2.25. The van der Waals surface area contributed by atoms with Gasteiger partial charge in [0.25, 0.3) is 0 Å². The topological polar surface area (TPSA) is 61.0 Å². The number of imidazole rings is 1. The number of H-pyrrole nitrogens is 1. The van der Waals surface area contributed by atoms with E-state index in [4.69, 9.17) is 11.6 Å². The van der Waals surface area contributed by atoms with E-state index in [-0.39, 0.29) is 23.6 Å². The summed E-state index contributed by atoms with van der Waals surface area (Å²) in [6.45, 7) is 2.12. The molecule has 2 aromatic rings.